The predicted octanol–water partition coefficient (Wildman–Crippen LogP) is 2.81. The molecule has 0 aliphatic carbocycles. The summed E-state index contributed by atoms with van der Waals surface area (Å²) < 4.78 is 7.25. The first kappa shape index (κ1) is 19.2. The fourth-order valence-corrected chi connectivity index (χ4v) is 3.32. The summed E-state index contributed by atoms with van der Waals surface area (Å²) in [6.07, 6.45) is 1.25. The van der Waals surface area contributed by atoms with Crippen LogP contribution in [-0.2, 0) is 4.79 Å². The van der Waals surface area contributed by atoms with E-state index in [0.717, 1.165) is 16.9 Å². The lowest BCUT2D eigenvalue weighted by molar-refractivity contribution is -0.135. The van der Waals surface area contributed by atoms with Crippen molar-refractivity contribution < 1.29 is 24.5 Å². The number of aryl methyl sites for hydroxylation is 2. The number of hydrogen-bond donors (Lipinski definition) is 3. The fourth-order valence-electron chi connectivity index (χ4n) is 3.32. The normalized spacial score (nSPS) is 11.0. The monoisotopic (exact) mass is 406 g/mol. The van der Waals surface area contributed by atoms with Gasteiger partial charge in [-0.3, -0.25) is 9.59 Å². The van der Waals surface area contributed by atoms with Crippen LogP contribution in [-0.4, -0.2) is 43.2 Å². The van der Waals surface area contributed by atoms with Gasteiger partial charge >= 0.3 is 5.97 Å². The molecule has 0 aliphatic heterocycles. The molecule has 0 radical (unpaired) electrons. The van der Waals surface area contributed by atoms with Gasteiger partial charge < -0.3 is 20.3 Å². The van der Waals surface area contributed by atoms with E-state index in [0.29, 0.717) is 22.2 Å². The molecule has 9 heteroatoms. The van der Waals surface area contributed by atoms with Crippen LogP contribution in [0, 0.1) is 13.8 Å². The molecule has 0 aliphatic rings. The van der Waals surface area contributed by atoms with E-state index in [1.54, 1.807) is 18.2 Å². The van der Waals surface area contributed by atoms with Crippen LogP contribution >= 0.6 is 0 Å². The summed E-state index contributed by atoms with van der Waals surface area (Å²) >= 11 is 0. The number of nitrogens with zero attached hydrogens (tertiary/aromatic N) is 3. The van der Waals surface area contributed by atoms with Crippen molar-refractivity contribution in [3.8, 4) is 17.2 Å². The molecule has 0 saturated heterocycles. The van der Waals surface area contributed by atoms with Crippen molar-refractivity contribution in [2.45, 2.75) is 13.8 Å². The minimum Gasteiger partial charge on any atom is -0.505 e. The van der Waals surface area contributed by atoms with E-state index in [4.69, 9.17) is 9.84 Å². The molecule has 1 amide bonds. The third-order valence-corrected chi connectivity index (χ3v) is 4.71. The van der Waals surface area contributed by atoms with Crippen LogP contribution in [0.3, 0.4) is 0 Å². The number of benzene rings is 2. The summed E-state index contributed by atoms with van der Waals surface area (Å²) in [5.74, 6) is -1.03. The summed E-state index contributed by atoms with van der Waals surface area (Å²) in [6, 6.07) is 10.9. The number of fused-ring (bicyclic) bond motifs is 3. The SMILES string of the molecule is Cc1cccc(C)c1Oc1ccc2c(O)c(C(=O)NCC(=O)O)n3ncnc3c2c1. The molecule has 0 unspecified atom stereocenters. The number of carboxylic acid groups (broad SMARTS) is 1. The van der Waals surface area contributed by atoms with Crippen LogP contribution < -0.4 is 10.1 Å². The molecule has 0 bridgehead atoms. The third-order valence-electron chi connectivity index (χ3n) is 4.71. The predicted molar refractivity (Wildman–Crippen MR) is 108 cm³/mol. The average molecular weight is 406 g/mol. The maximum absolute atomic E-state index is 12.5. The van der Waals surface area contributed by atoms with Gasteiger partial charge in [-0.1, -0.05) is 18.2 Å². The molecule has 0 saturated carbocycles. The minimum atomic E-state index is -1.20. The van der Waals surface area contributed by atoms with Crippen molar-refractivity contribution in [3.63, 3.8) is 0 Å². The maximum Gasteiger partial charge on any atom is 0.322 e. The van der Waals surface area contributed by atoms with E-state index in [-0.39, 0.29) is 11.4 Å². The van der Waals surface area contributed by atoms with Crippen molar-refractivity contribution in [2.75, 3.05) is 6.54 Å². The number of para-hydroxylation sites is 1. The fraction of sp³-hybridized carbons (Fsp3) is 0.143. The van der Waals surface area contributed by atoms with Gasteiger partial charge in [0.1, 0.15) is 24.4 Å². The zero-order valence-corrected chi connectivity index (χ0v) is 16.2. The molecule has 4 aromatic rings. The zero-order chi connectivity index (χ0) is 21.4. The number of nitrogens with one attached hydrogen (secondary N) is 1. The van der Waals surface area contributed by atoms with Gasteiger partial charge in [-0.2, -0.15) is 5.10 Å². The molecule has 0 atom stereocenters. The Morgan fingerprint density at radius 3 is 2.57 bits per heavy atom. The number of pyridine rings is 1. The Morgan fingerprint density at radius 1 is 1.13 bits per heavy atom. The molecule has 0 spiro atoms. The number of ether oxygens (including phenoxy) is 1. The molecular formula is C21H18N4O5. The summed E-state index contributed by atoms with van der Waals surface area (Å²) in [5.41, 5.74) is 2.10. The number of rotatable bonds is 5. The van der Waals surface area contributed by atoms with Gasteiger partial charge in [0.2, 0.25) is 0 Å². The van der Waals surface area contributed by atoms with Crippen molar-refractivity contribution in [1.29, 1.82) is 0 Å². The first-order chi connectivity index (χ1) is 14.4. The Labute approximate surface area is 170 Å². The molecule has 9 nitrogen and oxygen atoms in total. The van der Waals surface area contributed by atoms with Gasteiger partial charge in [0.25, 0.3) is 5.91 Å². The van der Waals surface area contributed by atoms with Crippen molar-refractivity contribution in [2.24, 2.45) is 0 Å². The number of aliphatic carboxylic acids is 1. The lowest BCUT2D eigenvalue weighted by Crippen LogP contribution is -2.31. The van der Waals surface area contributed by atoms with Gasteiger partial charge in [-0.25, -0.2) is 9.50 Å². The van der Waals surface area contributed by atoms with E-state index in [1.165, 1.54) is 10.8 Å². The highest BCUT2D eigenvalue weighted by Crippen LogP contribution is 2.36. The standard InChI is InChI=1S/C21H18N4O5/c1-11-4-3-5-12(2)19(11)30-13-6-7-14-15(8-13)20-23-10-24-25(20)17(18(14)28)21(29)22-9-16(26)27/h3-8,10,28H,9H2,1-2H3,(H,22,29)(H,26,27). The van der Waals surface area contributed by atoms with Crippen molar-refractivity contribution >= 4 is 28.3 Å². The topological polar surface area (TPSA) is 126 Å². The average Bonchev–Trinajstić information content (AvgIpc) is 3.19. The van der Waals surface area contributed by atoms with E-state index in [2.05, 4.69) is 15.4 Å². The molecule has 4 rings (SSSR count). The Kier molecular flexibility index (Phi) is 4.71. The highest BCUT2D eigenvalue weighted by Gasteiger charge is 2.22. The van der Waals surface area contributed by atoms with Crippen LogP contribution in [0.25, 0.3) is 16.4 Å². The number of amides is 1. The van der Waals surface area contributed by atoms with Crippen molar-refractivity contribution in [3.05, 3.63) is 59.5 Å². The van der Waals surface area contributed by atoms with Crippen LogP contribution in [0.5, 0.6) is 17.2 Å². The Hall–Kier alpha value is -4.14. The van der Waals surface area contributed by atoms with Gasteiger partial charge in [0.15, 0.2) is 17.1 Å². The quantitative estimate of drug-likeness (QED) is 0.465. The molecule has 0 fully saturated rings. The van der Waals surface area contributed by atoms with Gasteiger partial charge in [-0.05, 0) is 43.2 Å². The summed E-state index contributed by atoms with van der Waals surface area (Å²) in [5, 5.41) is 26.7. The second-order valence-corrected chi connectivity index (χ2v) is 6.80. The Morgan fingerprint density at radius 2 is 1.87 bits per heavy atom. The van der Waals surface area contributed by atoms with Crippen LogP contribution in [0.15, 0.2) is 42.7 Å². The second kappa shape index (κ2) is 7.36. The molecule has 152 valence electrons. The number of carboxylic acids is 1. The molecule has 3 N–H and O–H groups in total. The van der Waals surface area contributed by atoms with E-state index in [1.807, 2.05) is 32.0 Å². The van der Waals surface area contributed by atoms with Gasteiger partial charge in [-0.15, -0.1) is 0 Å². The molecule has 30 heavy (non-hydrogen) atoms. The second-order valence-electron chi connectivity index (χ2n) is 6.80. The summed E-state index contributed by atoms with van der Waals surface area (Å²) in [7, 11) is 0. The van der Waals surface area contributed by atoms with E-state index >= 15 is 0 Å². The number of carbonyl (C=O) groups is 2. The number of carbonyl (C=O) groups excluding carboxylic acids is 1. The van der Waals surface area contributed by atoms with Gasteiger partial charge in [0, 0.05) is 10.8 Å². The van der Waals surface area contributed by atoms with Crippen LogP contribution in [0.4, 0.5) is 0 Å². The number of aromatic hydroxyl groups is 1. The number of hydrogen-bond acceptors (Lipinski definition) is 6. The smallest absolute Gasteiger partial charge is 0.322 e. The zero-order valence-electron chi connectivity index (χ0n) is 16.2. The lowest BCUT2D eigenvalue weighted by Gasteiger charge is -2.14. The lowest BCUT2D eigenvalue weighted by atomic mass is 10.1. The van der Waals surface area contributed by atoms with Crippen LogP contribution in [0.1, 0.15) is 21.6 Å². The van der Waals surface area contributed by atoms with E-state index < -0.39 is 18.4 Å². The highest BCUT2D eigenvalue weighted by molar-refractivity contribution is 6.07. The first-order valence-electron chi connectivity index (χ1n) is 9.09. The van der Waals surface area contributed by atoms with E-state index in [9.17, 15) is 14.7 Å². The molecule has 2 aromatic carbocycles. The third kappa shape index (κ3) is 3.26. The largest absolute Gasteiger partial charge is 0.505 e. The Bertz CT molecular complexity index is 1290. The summed E-state index contributed by atoms with van der Waals surface area (Å²) in [6.45, 7) is 3.32. The molecule has 2 heterocycles. The van der Waals surface area contributed by atoms with Gasteiger partial charge in [0.05, 0.1) is 0 Å². The highest BCUT2D eigenvalue weighted by atomic mass is 16.5. The minimum absolute atomic E-state index is 0.195. The Balaban J connectivity index is 1.83. The summed E-state index contributed by atoms with van der Waals surface area (Å²) in [4.78, 5) is 27.4. The maximum atomic E-state index is 12.5. The first-order valence-corrected chi connectivity index (χ1v) is 9.09. The molecular weight excluding hydrogens is 388 g/mol. The number of aromatic nitrogens is 3. The van der Waals surface area contributed by atoms with Crippen LogP contribution in [0.2, 0.25) is 0 Å². The van der Waals surface area contributed by atoms with Crippen molar-refractivity contribution in [1.82, 2.24) is 19.9 Å². The molecule has 2 aromatic heterocycles.